The first-order chi connectivity index (χ1) is 9.20. The van der Waals surface area contributed by atoms with Crippen LogP contribution in [0.1, 0.15) is 11.3 Å². The molecular formula is C14H13N3OS. The van der Waals surface area contributed by atoms with Gasteiger partial charge in [0.05, 0.1) is 6.07 Å². The number of benzene rings is 1. The molecule has 0 amide bonds. The van der Waals surface area contributed by atoms with Crippen LogP contribution in [-0.4, -0.2) is 9.55 Å². The molecule has 0 saturated carbocycles. The van der Waals surface area contributed by atoms with E-state index in [0.29, 0.717) is 10.9 Å². The van der Waals surface area contributed by atoms with Crippen LogP contribution in [0.15, 0.2) is 46.3 Å². The predicted molar refractivity (Wildman–Crippen MR) is 74.9 cm³/mol. The van der Waals surface area contributed by atoms with Crippen LogP contribution in [0.2, 0.25) is 0 Å². The van der Waals surface area contributed by atoms with E-state index in [9.17, 15) is 4.79 Å². The van der Waals surface area contributed by atoms with Gasteiger partial charge >= 0.3 is 0 Å². The van der Waals surface area contributed by atoms with E-state index in [2.05, 4.69) is 4.98 Å². The third-order valence-corrected chi connectivity index (χ3v) is 3.59. The normalized spacial score (nSPS) is 10.1. The molecule has 0 spiro atoms. The Morgan fingerprint density at radius 2 is 2.11 bits per heavy atom. The highest BCUT2D eigenvalue weighted by molar-refractivity contribution is 7.98. The molecule has 0 bridgehead atoms. The third-order valence-electron chi connectivity index (χ3n) is 2.54. The Morgan fingerprint density at radius 1 is 1.37 bits per heavy atom. The van der Waals surface area contributed by atoms with E-state index < -0.39 is 0 Å². The molecule has 0 N–H and O–H groups in total. The van der Waals surface area contributed by atoms with Crippen molar-refractivity contribution in [2.24, 2.45) is 0 Å². The maximum atomic E-state index is 11.8. The first kappa shape index (κ1) is 13.4. The minimum Gasteiger partial charge on any atom is -0.274 e. The van der Waals surface area contributed by atoms with Crippen LogP contribution < -0.4 is 5.56 Å². The number of nitriles is 1. The van der Waals surface area contributed by atoms with Crippen LogP contribution in [0, 0.1) is 18.3 Å². The molecule has 2 aromatic rings. The number of hydrogen-bond donors (Lipinski definition) is 0. The average molecular weight is 271 g/mol. The topological polar surface area (TPSA) is 58.7 Å². The lowest BCUT2D eigenvalue weighted by atomic mass is 10.2. The van der Waals surface area contributed by atoms with Crippen LogP contribution in [-0.2, 0) is 12.3 Å². The summed E-state index contributed by atoms with van der Waals surface area (Å²) in [6.45, 7) is 1.81. The Morgan fingerprint density at radius 3 is 2.79 bits per heavy atom. The van der Waals surface area contributed by atoms with Crippen molar-refractivity contribution in [3.05, 3.63) is 58.0 Å². The van der Waals surface area contributed by atoms with Crippen LogP contribution in [0.5, 0.6) is 0 Å². The average Bonchev–Trinajstić information content (AvgIpc) is 2.41. The summed E-state index contributed by atoms with van der Waals surface area (Å²) in [4.78, 5) is 16.2. The third kappa shape index (κ3) is 3.46. The second-order valence-corrected chi connectivity index (χ2v) is 4.98. The summed E-state index contributed by atoms with van der Waals surface area (Å²) in [6, 6.07) is 13.4. The zero-order valence-corrected chi connectivity index (χ0v) is 11.4. The Balaban J connectivity index is 2.24. The lowest BCUT2D eigenvalue weighted by molar-refractivity contribution is 0.656. The maximum absolute atomic E-state index is 11.8. The van der Waals surface area contributed by atoms with E-state index in [0.717, 1.165) is 11.3 Å². The summed E-state index contributed by atoms with van der Waals surface area (Å²) in [7, 11) is 0. The van der Waals surface area contributed by atoms with Gasteiger partial charge in [0.1, 0.15) is 6.54 Å². The van der Waals surface area contributed by atoms with Crippen molar-refractivity contribution in [2.45, 2.75) is 24.4 Å². The summed E-state index contributed by atoms with van der Waals surface area (Å²) in [5.41, 5.74) is 1.66. The van der Waals surface area contributed by atoms with E-state index in [1.807, 2.05) is 36.4 Å². The van der Waals surface area contributed by atoms with Gasteiger partial charge in [0, 0.05) is 17.5 Å². The van der Waals surface area contributed by atoms with Gasteiger partial charge in [0.15, 0.2) is 5.16 Å². The van der Waals surface area contributed by atoms with Gasteiger partial charge in [-0.2, -0.15) is 5.26 Å². The summed E-state index contributed by atoms with van der Waals surface area (Å²) >= 11 is 1.47. The number of thioether (sulfide) groups is 1. The number of nitrogens with zero attached hydrogens (tertiary/aromatic N) is 3. The monoisotopic (exact) mass is 271 g/mol. The number of hydrogen-bond acceptors (Lipinski definition) is 4. The summed E-state index contributed by atoms with van der Waals surface area (Å²) in [6.07, 6.45) is 0. The molecular weight excluding hydrogens is 258 g/mol. The lowest BCUT2D eigenvalue weighted by Crippen LogP contribution is -2.22. The fraction of sp³-hybridized carbons (Fsp3) is 0.214. The molecule has 1 aromatic heterocycles. The molecule has 0 aliphatic carbocycles. The molecule has 2 rings (SSSR count). The van der Waals surface area contributed by atoms with Crippen LogP contribution in [0.25, 0.3) is 0 Å². The largest absolute Gasteiger partial charge is 0.274 e. The molecule has 19 heavy (non-hydrogen) atoms. The van der Waals surface area contributed by atoms with Gasteiger partial charge in [-0.15, -0.1) is 0 Å². The van der Waals surface area contributed by atoms with Gasteiger partial charge in [-0.25, -0.2) is 4.98 Å². The molecule has 5 heteroatoms. The standard InChI is InChI=1S/C14H13N3OS/c1-11-9-13(18)17(8-7-15)14(16-11)19-10-12-5-3-2-4-6-12/h2-6,9H,8,10H2,1H3. The van der Waals surface area contributed by atoms with Gasteiger partial charge in [-0.1, -0.05) is 42.1 Å². The van der Waals surface area contributed by atoms with Crippen molar-refractivity contribution >= 4 is 11.8 Å². The second kappa shape index (κ2) is 6.21. The zero-order valence-electron chi connectivity index (χ0n) is 10.5. The highest BCUT2D eigenvalue weighted by Gasteiger charge is 2.07. The molecule has 0 saturated heterocycles. The fourth-order valence-electron chi connectivity index (χ4n) is 1.64. The molecule has 0 atom stereocenters. The SMILES string of the molecule is Cc1cc(=O)n(CC#N)c(SCc2ccccc2)n1. The quantitative estimate of drug-likeness (QED) is 0.632. The highest BCUT2D eigenvalue weighted by Crippen LogP contribution is 2.19. The number of rotatable bonds is 4. The van der Waals surface area contributed by atoms with Crippen LogP contribution in [0.3, 0.4) is 0 Å². The maximum Gasteiger partial charge on any atom is 0.255 e. The van der Waals surface area contributed by atoms with Gasteiger partial charge in [-0.3, -0.25) is 9.36 Å². The molecule has 1 heterocycles. The first-order valence-electron chi connectivity index (χ1n) is 5.83. The van der Waals surface area contributed by atoms with Gasteiger partial charge in [-0.05, 0) is 12.5 Å². The molecule has 96 valence electrons. The Bertz CT molecular complexity index is 659. The lowest BCUT2D eigenvalue weighted by Gasteiger charge is -2.08. The summed E-state index contributed by atoms with van der Waals surface area (Å²) in [5, 5.41) is 9.37. The van der Waals surface area contributed by atoms with E-state index in [1.165, 1.54) is 22.4 Å². The van der Waals surface area contributed by atoms with Gasteiger partial charge < -0.3 is 0 Å². The first-order valence-corrected chi connectivity index (χ1v) is 6.81. The predicted octanol–water partition coefficient (Wildman–Crippen LogP) is 2.37. The molecule has 0 aliphatic rings. The Kier molecular flexibility index (Phi) is 4.37. The van der Waals surface area contributed by atoms with Crippen molar-refractivity contribution in [2.75, 3.05) is 0 Å². The van der Waals surface area contributed by atoms with E-state index in [1.54, 1.807) is 6.92 Å². The molecule has 1 aromatic carbocycles. The van der Waals surface area contributed by atoms with Crippen molar-refractivity contribution in [3.8, 4) is 6.07 Å². The summed E-state index contributed by atoms with van der Waals surface area (Å²) in [5.74, 6) is 0.724. The minimum atomic E-state index is -0.176. The number of aromatic nitrogens is 2. The van der Waals surface area contributed by atoms with E-state index in [-0.39, 0.29) is 12.1 Å². The summed E-state index contributed by atoms with van der Waals surface area (Å²) < 4.78 is 1.40. The van der Waals surface area contributed by atoms with E-state index >= 15 is 0 Å². The van der Waals surface area contributed by atoms with Crippen LogP contribution >= 0.6 is 11.8 Å². The zero-order chi connectivity index (χ0) is 13.7. The smallest absolute Gasteiger partial charge is 0.255 e. The number of aryl methyl sites for hydroxylation is 1. The molecule has 0 aliphatic heterocycles. The van der Waals surface area contributed by atoms with E-state index in [4.69, 9.17) is 5.26 Å². The fourth-order valence-corrected chi connectivity index (χ4v) is 2.65. The van der Waals surface area contributed by atoms with Crippen molar-refractivity contribution in [1.29, 1.82) is 5.26 Å². The molecule has 0 fully saturated rings. The Hall–Kier alpha value is -2.06. The highest BCUT2D eigenvalue weighted by atomic mass is 32.2. The second-order valence-electron chi connectivity index (χ2n) is 4.04. The van der Waals surface area contributed by atoms with Gasteiger partial charge in [0.25, 0.3) is 5.56 Å². The van der Waals surface area contributed by atoms with Crippen LogP contribution in [0.4, 0.5) is 0 Å². The Labute approximate surface area is 115 Å². The van der Waals surface area contributed by atoms with Crippen molar-refractivity contribution in [1.82, 2.24) is 9.55 Å². The van der Waals surface area contributed by atoms with Crippen molar-refractivity contribution < 1.29 is 0 Å². The minimum absolute atomic E-state index is 0.0310. The molecule has 0 unspecified atom stereocenters. The van der Waals surface area contributed by atoms with Crippen molar-refractivity contribution in [3.63, 3.8) is 0 Å². The molecule has 0 radical (unpaired) electrons. The molecule has 4 nitrogen and oxygen atoms in total. The van der Waals surface area contributed by atoms with Gasteiger partial charge in [0.2, 0.25) is 0 Å².